The van der Waals surface area contributed by atoms with Gasteiger partial charge >= 0.3 is 0 Å². The summed E-state index contributed by atoms with van der Waals surface area (Å²) in [5.74, 6) is 0. The molecule has 4 heteroatoms. The normalized spacial score (nSPS) is 16.5. The number of nitrogens with two attached hydrogens (primary N) is 1. The Morgan fingerprint density at radius 2 is 1.80 bits per heavy atom. The van der Waals surface area contributed by atoms with Gasteiger partial charge in [-0.15, -0.1) is 0 Å². The van der Waals surface area contributed by atoms with E-state index in [1.54, 1.807) is 6.20 Å². The van der Waals surface area contributed by atoms with E-state index in [-0.39, 0.29) is 5.54 Å². The van der Waals surface area contributed by atoms with Crippen LogP contribution in [0.1, 0.15) is 37.7 Å². The van der Waals surface area contributed by atoms with E-state index >= 15 is 0 Å². The zero-order valence-corrected chi connectivity index (χ0v) is 14.4. The summed E-state index contributed by atoms with van der Waals surface area (Å²) in [6.07, 6.45) is 9.55. The van der Waals surface area contributed by atoms with Crippen LogP contribution in [-0.2, 0) is 5.54 Å². The van der Waals surface area contributed by atoms with Crippen molar-refractivity contribution in [2.24, 2.45) is 5.73 Å². The van der Waals surface area contributed by atoms with E-state index in [1.807, 2.05) is 23.0 Å². The highest BCUT2D eigenvalue weighted by Gasteiger charge is 2.31. The van der Waals surface area contributed by atoms with E-state index < -0.39 is 0 Å². The zero-order chi connectivity index (χ0) is 17.1. The van der Waals surface area contributed by atoms with Gasteiger partial charge in [0.2, 0.25) is 0 Å². The third-order valence-corrected chi connectivity index (χ3v) is 5.10. The summed E-state index contributed by atoms with van der Waals surface area (Å²) >= 11 is 0. The van der Waals surface area contributed by atoms with E-state index in [4.69, 9.17) is 5.73 Å². The largest absolute Gasteiger partial charge is 0.355 e. The molecule has 2 aromatic carbocycles. The maximum atomic E-state index is 6.79. The van der Waals surface area contributed by atoms with E-state index in [0.29, 0.717) is 0 Å². The van der Waals surface area contributed by atoms with Crippen molar-refractivity contribution in [2.75, 3.05) is 5.32 Å². The first kappa shape index (κ1) is 15.9. The number of benzene rings is 2. The molecule has 25 heavy (non-hydrogen) atoms. The SMILES string of the molecule is NC1(c2ccccc2Nc2cccc(-n3cccn3)c2)CCCCC1. The van der Waals surface area contributed by atoms with Gasteiger partial charge in [0.25, 0.3) is 0 Å². The van der Waals surface area contributed by atoms with Crippen LogP contribution < -0.4 is 11.1 Å². The minimum atomic E-state index is -0.221. The van der Waals surface area contributed by atoms with Gasteiger partial charge in [-0.3, -0.25) is 0 Å². The van der Waals surface area contributed by atoms with E-state index in [1.165, 1.54) is 24.8 Å². The Hall–Kier alpha value is -2.59. The number of nitrogens with zero attached hydrogens (tertiary/aromatic N) is 2. The maximum absolute atomic E-state index is 6.79. The molecule has 1 aliphatic carbocycles. The summed E-state index contributed by atoms with van der Waals surface area (Å²) in [6, 6.07) is 18.7. The Morgan fingerprint density at radius 1 is 0.960 bits per heavy atom. The Balaban J connectivity index is 1.65. The van der Waals surface area contributed by atoms with Crippen molar-refractivity contribution in [1.29, 1.82) is 0 Å². The number of nitrogens with one attached hydrogen (secondary N) is 1. The van der Waals surface area contributed by atoms with Gasteiger partial charge in [-0.25, -0.2) is 4.68 Å². The molecule has 0 atom stereocenters. The summed E-state index contributed by atoms with van der Waals surface area (Å²) in [4.78, 5) is 0. The van der Waals surface area contributed by atoms with Gasteiger partial charge in [0, 0.05) is 29.3 Å². The minimum Gasteiger partial charge on any atom is -0.355 e. The van der Waals surface area contributed by atoms with Crippen LogP contribution >= 0.6 is 0 Å². The van der Waals surface area contributed by atoms with Gasteiger partial charge in [0.15, 0.2) is 0 Å². The lowest BCUT2D eigenvalue weighted by molar-refractivity contribution is 0.303. The predicted octanol–water partition coefficient (Wildman–Crippen LogP) is 4.73. The molecule has 1 fully saturated rings. The Labute approximate surface area is 148 Å². The quantitative estimate of drug-likeness (QED) is 0.726. The minimum absolute atomic E-state index is 0.221. The topological polar surface area (TPSA) is 55.9 Å². The van der Waals surface area contributed by atoms with Crippen LogP contribution in [0, 0.1) is 0 Å². The highest BCUT2D eigenvalue weighted by molar-refractivity contribution is 5.66. The molecule has 1 saturated carbocycles. The first-order valence-electron chi connectivity index (χ1n) is 9.00. The molecule has 0 amide bonds. The summed E-state index contributed by atoms with van der Waals surface area (Å²) in [7, 11) is 0. The first-order chi connectivity index (χ1) is 12.2. The third-order valence-electron chi connectivity index (χ3n) is 5.10. The molecule has 3 N–H and O–H groups in total. The molecular formula is C21H24N4. The van der Waals surface area contributed by atoms with Crippen molar-refractivity contribution in [2.45, 2.75) is 37.6 Å². The number of anilines is 2. The summed E-state index contributed by atoms with van der Waals surface area (Å²) < 4.78 is 1.86. The highest BCUT2D eigenvalue weighted by Crippen LogP contribution is 2.39. The standard InChI is InChI=1S/C21H24N4/c22-21(12-4-1-5-13-21)19-10-2-3-11-20(19)24-17-8-6-9-18(16-17)25-15-7-14-23-25/h2-3,6-11,14-16,24H,1,4-5,12-13,22H2. The van der Waals surface area contributed by atoms with Crippen molar-refractivity contribution >= 4 is 11.4 Å². The van der Waals surface area contributed by atoms with Crippen molar-refractivity contribution in [3.63, 3.8) is 0 Å². The zero-order valence-electron chi connectivity index (χ0n) is 14.4. The summed E-state index contributed by atoms with van der Waals surface area (Å²) in [5, 5.41) is 7.88. The molecule has 1 heterocycles. The number of hydrogen-bond acceptors (Lipinski definition) is 3. The van der Waals surface area contributed by atoms with E-state index in [9.17, 15) is 0 Å². The Kier molecular flexibility index (Phi) is 4.28. The Morgan fingerprint density at radius 3 is 2.60 bits per heavy atom. The van der Waals surface area contributed by atoms with Gasteiger partial charge in [0.1, 0.15) is 0 Å². The molecule has 0 unspecified atom stereocenters. The second-order valence-electron chi connectivity index (χ2n) is 6.89. The highest BCUT2D eigenvalue weighted by atomic mass is 15.3. The van der Waals surface area contributed by atoms with Crippen molar-refractivity contribution in [3.8, 4) is 5.69 Å². The average molecular weight is 332 g/mol. The second kappa shape index (κ2) is 6.73. The molecule has 0 aliphatic heterocycles. The second-order valence-corrected chi connectivity index (χ2v) is 6.89. The molecule has 0 radical (unpaired) electrons. The Bertz CT molecular complexity index is 833. The third kappa shape index (κ3) is 3.30. The van der Waals surface area contributed by atoms with Gasteiger partial charge in [-0.2, -0.15) is 5.10 Å². The van der Waals surface area contributed by atoms with Gasteiger partial charge in [-0.1, -0.05) is 43.5 Å². The van der Waals surface area contributed by atoms with Crippen molar-refractivity contribution in [3.05, 3.63) is 72.6 Å². The molecular weight excluding hydrogens is 308 g/mol. The first-order valence-corrected chi connectivity index (χ1v) is 9.00. The monoisotopic (exact) mass is 332 g/mol. The van der Waals surface area contributed by atoms with Crippen LogP contribution in [0.3, 0.4) is 0 Å². The smallest absolute Gasteiger partial charge is 0.0666 e. The van der Waals surface area contributed by atoms with Crippen LogP contribution in [-0.4, -0.2) is 9.78 Å². The molecule has 128 valence electrons. The molecule has 1 aliphatic rings. The van der Waals surface area contributed by atoms with Crippen LogP contribution in [0.4, 0.5) is 11.4 Å². The number of para-hydroxylation sites is 1. The molecule has 0 spiro atoms. The van der Waals surface area contributed by atoms with E-state index in [2.05, 4.69) is 52.9 Å². The van der Waals surface area contributed by atoms with Gasteiger partial charge in [-0.05, 0) is 48.7 Å². The van der Waals surface area contributed by atoms with Crippen LogP contribution in [0.5, 0.6) is 0 Å². The van der Waals surface area contributed by atoms with Gasteiger partial charge in [0.05, 0.1) is 5.69 Å². The van der Waals surface area contributed by atoms with Crippen LogP contribution in [0.25, 0.3) is 5.69 Å². The number of hydrogen-bond donors (Lipinski definition) is 2. The summed E-state index contributed by atoms with van der Waals surface area (Å²) in [6.45, 7) is 0. The van der Waals surface area contributed by atoms with Gasteiger partial charge < -0.3 is 11.1 Å². The lowest BCUT2D eigenvalue weighted by Gasteiger charge is -2.35. The fourth-order valence-corrected chi connectivity index (χ4v) is 3.78. The molecule has 4 rings (SSSR count). The van der Waals surface area contributed by atoms with Crippen molar-refractivity contribution < 1.29 is 0 Å². The summed E-state index contributed by atoms with van der Waals surface area (Å²) in [5.41, 5.74) is 11.0. The lowest BCUT2D eigenvalue weighted by Crippen LogP contribution is -2.39. The fraction of sp³-hybridized carbons (Fsp3) is 0.286. The lowest BCUT2D eigenvalue weighted by atomic mass is 9.77. The van der Waals surface area contributed by atoms with Crippen molar-refractivity contribution in [1.82, 2.24) is 9.78 Å². The number of rotatable bonds is 4. The molecule has 0 saturated heterocycles. The van der Waals surface area contributed by atoms with E-state index in [0.717, 1.165) is 29.9 Å². The molecule has 3 aromatic rings. The van der Waals surface area contributed by atoms with Crippen LogP contribution in [0.15, 0.2) is 67.0 Å². The maximum Gasteiger partial charge on any atom is 0.0666 e. The predicted molar refractivity (Wildman–Crippen MR) is 102 cm³/mol. The van der Waals surface area contributed by atoms with Crippen LogP contribution in [0.2, 0.25) is 0 Å². The average Bonchev–Trinajstić information content (AvgIpc) is 3.18. The number of aromatic nitrogens is 2. The fourth-order valence-electron chi connectivity index (χ4n) is 3.78. The molecule has 4 nitrogen and oxygen atoms in total. The molecule has 0 bridgehead atoms. The molecule has 1 aromatic heterocycles.